The summed E-state index contributed by atoms with van der Waals surface area (Å²) >= 11 is 5.88. The molecule has 0 radical (unpaired) electrons. The Bertz CT molecular complexity index is 1040. The molecule has 3 saturated heterocycles. The van der Waals surface area contributed by atoms with Crippen LogP contribution in [0, 0.1) is 11.8 Å². The maximum absolute atomic E-state index is 6.41. The highest BCUT2D eigenvalue weighted by Crippen LogP contribution is 2.42. The van der Waals surface area contributed by atoms with E-state index in [2.05, 4.69) is 45.3 Å². The van der Waals surface area contributed by atoms with Crippen molar-refractivity contribution >= 4 is 28.2 Å². The zero-order valence-corrected chi connectivity index (χ0v) is 20.9. The lowest BCUT2D eigenvalue weighted by Gasteiger charge is -2.52. The monoisotopic (exact) mass is 479 g/mol. The lowest BCUT2D eigenvalue weighted by molar-refractivity contribution is 0.00425. The highest BCUT2D eigenvalue weighted by atomic mass is 32.1. The fourth-order valence-electron chi connectivity index (χ4n) is 6.34. The van der Waals surface area contributed by atoms with Crippen LogP contribution in [-0.2, 0) is 0 Å². The Morgan fingerprint density at radius 1 is 1.29 bits per heavy atom. The Hall–Kier alpha value is -2.22. The molecule has 7 heteroatoms. The number of hydrogen-bond acceptors (Lipinski definition) is 5. The number of pyridine rings is 1. The van der Waals surface area contributed by atoms with Gasteiger partial charge in [0.15, 0.2) is 5.11 Å². The van der Waals surface area contributed by atoms with Gasteiger partial charge in [-0.1, -0.05) is 18.9 Å². The number of nitrogens with one attached hydrogen (secondary N) is 2. The third-order valence-corrected chi connectivity index (χ3v) is 8.51. The molecule has 1 aliphatic carbocycles. The molecule has 1 saturated carbocycles. The fraction of sp³-hybridized carbons (Fsp3) is 0.556. The molecule has 1 unspecified atom stereocenters. The van der Waals surface area contributed by atoms with Crippen LogP contribution in [0.2, 0.25) is 0 Å². The molecule has 4 N–H and O–H groups in total. The van der Waals surface area contributed by atoms with Gasteiger partial charge < -0.3 is 21.1 Å². The third-order valence-electron chi connectivity index (χ3n) is 8.28. The smallest absolute Gasteiger partial charge is 0.167 e. The molecule has 1 aromatic carbocycles. The fourth-order valence-corrected chi connectivity index (χ4v) is 6.62. The molecule has 4 fully saturated rings. The van der Waals surface area contributed by atoms with E-state index in [1.807, 2.05) is 18.3 Å². The molecular formula is C27H37N5OS. The Morgan fingerprint density at radius 2 is 2.15 bits per heavy atom. The molecular weight excluding hydrogens is 442 g/mol. The SMILES string of the molecule is C=C[C@H]1CN2CC[C@H]1C[C@H]2[C@H](NC(=S)N[C@@H]1CCCC[C@H]1N)c1ccnc2ccc(OC)cc12. The summed E-state index contributed by atoms with van der Waals surface area (Å²) in [6.45, 7) is 6.29. The van der Waals surface area contributed by atoms with Crippen molar-refractivity contribution < 1.29 is 4.74 Å². The minimum absolute atomic E-state index is 0.0472. The number of nitrogens with two attached hydrogens (primary N) is 1. The topological polar surface area (TPSA) is 75.4 Å². The van der Waals surface area contributed by atoms with Gasteiger partial charge in [0, 0.05) is 36.3 Å². The lowest BCUT2D eigenvalue weighted by Crippen LogP contribution is -2.59. The Kier molecular flexibility index (Phi) is 7.04. The average molecular weight is 480 g/mol. The first-order valence-corrected chi connectivity index (χ1v) is 13.1. The van der Waals surface area contributed by atoms with E-state index in [9.17, 15) is 0 Å². The van der Waals surface area contributed by atoms with Gasteiger partial charge in [-0.05, 0) is 86.1 Å². The Balaban J connectivity index is 1.47. The van der Waals surface area contributed by atoms with Crippen LogP contribution in [-0.4, -0.2) is 53.3 Å². The van der Waals surface area contributed by atoms with Crippen LogP contribution in [0.4, 0.5) is 0 Å². The van der Waals surface area contributed by atoms with E-state index in [1.54, 1.807) is 7.11 Å². The summed E-state index contributed by atoms with van der Waals surface area (Å²) in [5, 5.41) is 9.12. The molecule has 1 aromatic heterocycles. The van der Waals surface area contributed by atoms with Crippen LogP contribution in [0.15, 0.2) is 43.1 Å². The molecule has 0 spiro atoms. The van der Waals surface area contributed by atoms with Crippen LogP contribution in [0.3, 0.4) is 0 Å². The van der Waals surface area contributed by atoms with Gasteiger partial charge in [0.25, 0.3) is 0 Å². The first-order chi connectivity index (χ1) is 16.6. The van der Waals surface area contributed by atoms with Crippen molar-refractivity contribution in [1.82, 2.24) is 20.5 Å². The molecule has 34 heavy (non-hydrogen) atoms. The Labute approximate surface area is 208 Å². The number of thiocarbonyl (C=S) groups is 1. The van der Waals surface area contributed by atoms with Crippen LogP contribution in [0.25, 0.3) is 10.9 Å². The summed E-state index contributed by atoms with van der Waals surface area (Å²) in [5.41, 5.74) is 8.60. The molecule has 2 aromatic rings. The molecule has 6 rings (SSSR count). The molecule has 4 aliphatic rings. The molecule has 0 amide bonds. The van der Waals surface area contributed by atoms with Gasteiger partial charge in [-0.15, -0.1) is 6.58 Å². The minimum atomic E-state index is 0.0472. The number of nitrogens with zero attached hydrogens (tertiary/aromatic N) is 2. The molecule has 182 valence electrons. The van der Waals surface area contributed by atoms with Crippen LogP contribution in [0.5, 0.6) is 5.75 Å². The number of piperidine rings is 3. The maximum Gasteiger partial charge on any atom is 0.167 e. The summed E-state index contributed by atoms with van der Waals surface area (Å²) in [7, 11) is 1.71. The normalized spacial score (nSPS) is 31.6. The van der Waals surface area contributed by atoms with E-state index >= 15 is 0 Å². The first kappa shape index (κ1) is 23.5. The second kappa shape index (κ2) is 10.2. The lowest BCUT2D eigenvalue weighted by atomic mass is 9.73. The minimum Gasteiger partial charge on any atom is -0.497 e. The average Bonchev–Trinajstić information content (AvgIpc) is 2.88. The largest absolute Gasteiger partial charge is 0.497 e. The summed E-state index contributed by atoms with van der Waals surface area (Å²) in [6.07, 6.45) is 11.0. The quantitative estimate of drug-likeness (QED) is 0.428. The number of methoxy groups -OCH3 is 1. The van der Waals surface area contributed by atoms with Gasteiger partial charge in [-0.3, -0.25) is 9.88 Å². The van der Waals surface area contributed by atoms with Gasteiger partial charge in [-0.2, -0.15) is 0 Å². The molecule has 2 bridgehead atoms. The van der Waals surface area contributed by atoms with Crippen molar-refractivity contribution in [3.63, 3.8) is 0 Å². The molecule has 3 aliphatic heterocycles. The van der Waals surface area contributed by atoms with Crippen LogP contribution < -0.4 is 21.1 Å². The zero-order valence-electron chi connectivity index (χ0n) is 20.1. The highest BCUT2D eigenvalue weighted by molar-refractivity contribution is 7.80. The number of rotatable bonds is 6. The van der Waals surface area contributed by atoms with Crippen molar-refractivity contribution in [1.29, 1.82) is 0 Å². The number of hydrogen-bond donors (Lipinski definition) is 3. The van der Waals surface area contributed by atoms with E-state index in [-0.39, 0.29) is 18.1 Å². The second-order valence-electron chi connectivity index (χ2n) is 10.2. The predicted molar refractivity (Wildman–Crippen MR) is 142 cm³/mol. The number of fused-ring (bicyclic) bond motifs is 4. The standard InChI is InChI=1S/C27H37N5OS/c1-3-17-16-32-13-11-18(17)14-25(32)26(31-27(34)30-24-7-5-4-6-22(24)28)20-10-12-29-23-9-8-19(33-2)15-21(20)23/h3,8-10,12,15,17-18,22,24-26H,1,4-7,11,13-14,16,28H2,2H3,(H2,30,31,34)/t17-,18-,22+,24+,25-,26+/m0/s1. The summed E-state index contributed by atoms with van der Waals surface area (Å²) < 4.78 is 5.55. The Morgan fingerprint density at radius 3 is 2.88 bits per heavy atom. The zero-order chi connectivity index (χ0) is 23.7. The van der Waals surface area contributed by atoms with Gasteiger partial charge in [-0.25, -0.2) is 0 Å². The van der Waals surface area contributed by atoms with Crippen molar-refractivity contribution in [3.8, 4) is 5.75 Å². The molecule has 6 nitrogen and oxygen atoms in total. The summed E-state index contributed by atoms with van der Waals surface area (Å²) in [4.78, 5) is 7.26. The van der Waals surface area contributed by atoms with Crippen LogP contribution >= 0.6 is 12.2 Å². The highest BCUT2D eigenvalue weighted by Gasteiger charge is 2.43. The predicted octanol–water partition coefficient (Wildman–Crippen LogP) is 3.91. The maximum atomic E-state index is 6.41. The third kappa shape index (κ3) is 4.66. The van der Waals surface area contributed by atoms with Crippen molar-refractivity contribution in [2.24, 2.45) is 17.6 Å². The van der Waals surface area contributed by atoms with E-state index < -0.39 is 0 Å². The first-order valence-electron chi connectivity index (χ1n) is 12.7. The van der Waals surface area contributed by atoms with Crippen molar-refractivity contribution in [3.05, 3.63) is 48.7 Å². The molecule has 7 atom stereocenters. The molecule has 4 heterocycles. The van der Waals surface area contributed by atoms with Crippen LogP contribution in [0.1, 0.15) is 50.1 Å². The number of aromatic nitrogens is 1. The van der Waals surface area contributed by atoms with Crippen molar-refractivity contribution in [2.45, 2.75) is 62.7 Å². The summed E-state index contributed by atoms with van der Waals surface area (Å²) in [5.74, 6) is 2.09. The van der Waals surface area contributed by atoms with Gasteiger partial charge in [0.1, 0.15) is 5.75 Å². The van der Waals surface area contributed by atoms with E-state index in [0.717, 1.165) is 49.0 Å². The van der Waals surface area contributed by atoms with Crippen molar-refractivity contribution in [2.75, 3.05) is 20.2 Å². The van der Waals surface area contributed by atoms with E-state index in [1.165, 1.54) is 24.8 Å². The van der Waals surface area contributed by atoms with E-state index in [4.69, 9.17) is 22.7 Å². The van der Waals surface area contributed by atoms with Gasteiger partial charge >= 0.3 is 0 Å². The number of benzene rings is 1. The number of ether oxygens (including phenoxy) is 1. The second-order valence-corrected chi connectivity index (χ2v) is 10.6. The summed E-state index contributed by atoms with van der Waals surface area (Å²) in [6, 6.07) is 9.04. The van der Waals surface area contributed by atoms with Gasteiger partial charge in [0.05, 0.1) is 18.7 Å². The van der Waals surface area contributed by atoms with E-state index in [0.29, 0.717) is 23.0 Å². The van der Waals surface area contributed by atoms with Gasteiger partial charge in [0.2, 0.25) is 0 Å².